The minimum atomic E-state index is 0.884. The average molecular weight is 252 g/mol. The van der Waals surface area contributed by atoms with Gasteiger partial charge in [-0.25, -0.2) is 4.98 Å². The van der Waals surface area contributed by atoms with Gasteiger partial charge in [-0.05, 0) is 30.2 Å². The number of benzene rings is 2. The van der Waals surface area contributed by atoms with E-state index in [0.29, 0.717) is 0 Å². The van der Waals surface area contributed by atoms with Crippen LogP contribution in [0.15, 0.2) is 48.5 Å². The Morgan fingerprint density at radius 3 is 2.63 bits per heavy atom. The third-order valence-electron chi connectivity index (χ3n) is 3.26. The molecule has 0 bridgehead atoms. The molecule has 0 fully saturated rings. The van der Waals surface area contributed by atoms with E-state index in [1.54, 1.807) is 7.11 Å². The molecule has 0 saturated carbocycles. The summed E-state index contributed by atoms with van der Waals surface area (Å²) in [5, 5.41) is 0. The van der Waals surface area contributed by atoms with Gasteiger partial charge in [-0.15, -0.1) is 0 Å². The van der Waals surface area contributed by atoms with Gasteiger partial charge in [-0.2, -0.15) is 0 Å². The van der Waals surface area contributed by atoms with Crippen molar-refractivity contribution >= 4 is 11.0 Å². The lowest BCUT2D eigenvalue weighted by Gasteiger charge is -2.06. The summed E-state index contributed by atoms with van der Waals surface area (Å²) >= 11 is 0. The van der Waals surface area contributed by atoms with Crippen LogP contribution < -0.4 is 4.74 Å². The Kier molecular flexibility index (Phi) is 3.19. The maximum absolute atomic E-state index is 5.36. The fourth-order valence-corrected chi connectivity index (χ4v) is 2.29. The molecule has 0 unspecified atom stereocenters. The average Bonchev–Trinajstić information content (AvgIpc) is 2.88. The van der Waals surface area contributed by atoms with E-state index >= 15 is 0 Å². The molecule has 0 spiro atoms. The molecule has 0 atom stereocenters. The molecule has 1 aromatic heterocycles. The molecule has 0 saturated heterocycles. The Bertz CT molecular complexity index is 655. The lowest BCUT2D eigenvalue weighted by atomic mass is 10.1. The van der Waals surface area contributed by atoms with E-state index in [9.17, 15) is 0 Å². The first-order valence-corrected chi connectivity index (χ1v) is 6.42. The summed E-state index contributed by atoms with van der Waals surface area (Å²) < 4.78 is 5.36. The van der Waals surface area contributed by atoms with Gasteiger partial charge in [0.05, 0.1) is 18.1 Å². The Hall–Kier alpha value is -2.29. The minimum Gasteiger partial charge on any atom is -0.496 e. The lowest BCUT2D eigenvalue weighted by Crippen LogP contribution is -1.96. The fourth-order valence-electron chi connectivity index (χ4n) is 2.29. The van der Waals surface area contributed by atoms with Crippen molar-refractivity contribution in [2.24, 2.45) is 0 Å². The summed E-state index contributed by atoms with van der Waals surface area (Å²) in [7, 11) is 1.71. The molecule has 0 amide bonds. The molecule has 3 heteroatoms. The highest BCUT2D eigenvalue weighted by atomic mass is 16.5. The molecule has 3 rings (SSSR count). The van der Waals surface area contributed by atoms with Crippen LogP contribution in [-0.2, 0) is 12.8 Å². The van der Waals surface area contributed by atoms with Crippen molar-refractivity contribution in [2.75, 3.05) is 7.11 Å². The maximum Gasteiger partial charge on any atom is 0.122 e. The highest BCUT2D eigenvalue weighted by Gasteiger charge is 2.05. The molecule has 3 nitrogen and oxygen atoms in total. The molecular weight excluding hydrogens is 236 g/mol. The third-order valence-corrected chi connectivity index (χ3v) is 3.26. The summed E-state index contributed by atoms with van der Waals surface area (Å²) in [6.07, 6.45) is 1.80. The first-order valence-electron chi connectivity index (χ1n) is 6.42. The van der Waals surface area contributed by atoms with E-state index in [0.717, 1.165) is 35.4 Å². The number of H-pyrrole nitrogens is 1. The number of hydrogen-bond donors (Lipinski definition) is 1. The van der Waals surface area contributed by atoms with Gasteiger partial charge in [0.2, 0.25) is 0 Å². The number of methoxy groups -OCH3 is 1. The number of imidazole rings is 1. The van der Waals surface area contributed by atoms with E-state index in [1.807, 2.05) is 36.4 Å². The van der Waals surface area contributed by atoms with Crippen LogP contribution in [0.5, 0.6) is 5.75 Å². The van der Waals surface area contributed by atoms with Crippen LogP contribution in [0.2, 0.25) is 0 Å². The maximum atomic E-state index is 5.36. The molecule has 0 aliphatic heterocycles. The zero-order valence-corrected chi connectivity index (χ0v) is 10.9. The first kappa shape index (κ1) is 11.8. The van der Waals surface area contributed by atoms with Gasteiger partial charge in [0.25, 0.3) is 0 Å². The quantitative estimate of drug-likeness (QED) is 0.773. The minimum absolute atomic E-state index is 0.884. The zero-order valence-electron chi connectivity index (χ0n) is 10.9. The normalized spacial score (nSPS) is 10.8. The van der Waals surface area contributed by atoms with Crippen LogP contribution in [0.3, 0.4) is 0 Å². The second-order valence-corrected chi connectivity index (χ2v) is 4.51. The van der Waals surface area contributed by atoms with Gasteiger partial charge in [-0.1, -0.05) is 30.3 Å². The lowest BCUT2D eigenvalue weighted by molar-refractivity contribution is 0.409. The molecule has 3 aromatic rings. The zero-order chi connectivity index (χ0) is 13.1. The van der Waals surface area contributed by atoms with E-state index in [-0.39, 0.29) is 0 Å². The topological polar surface area (TPSA) is 37.9 Å². The number of hydrogen-bond acceptors (Lipinski definition) is 2. The van der Waals surface area contributed by atoms with E-state index < -0.39 is 0 Å². The monoisotopic (exact) mass is 252 g/mol. The number of rotatable bonds is 4. The number of nitrogens with one attached hydrogen (secondary N) is 1. The largest absolute Gasteiger partial charge is 0.496 e. The van der Waals surface area contributed by atoms with Crippen LogP contribution in [-0.4, -0.2) is 17.1 Å². The standard InChI is InChI=1S/C16H16N2O/c1-19-15-9-5-2-6-12(15)10-11-16-17-13-7-3-4-8-14(13)18-16/h2-9H,10-11H2,1H3,(H,17,18). The summed E-state index contributed by atoms with van der Waals surface area (Å²) in [6.45, 7) is 0. The second-order valence-electron chi connectivity index (χ2n) is 4.51. The van der Waals surface area contributed by atoms with Crippen molar-refractivity contribution in [3.8, 4) is 5.75 Å². The number of aromatic nitrogens is 2. The van der Waals surface area contributed by atoms with Crippen molar-refractivity contribution in [3.05, 3.63) is 59.9 Å². The Morgan fingerprint density at radius 1 is 1.00 bits per heavy atom. The van der Waals surface area contributed by atoms with Crippen molar-refractivity contribution in [3.63, 3.8) is 0 Å². The number of nitrogens with zero attached hydrogens (tertiary/aromatic N) is 1. The van der Waals surface area contributed by atoms with Crippen LogP contribution in [0.4, 0.5) is 0 Å². The number of aromatic amines is 1. The molecule has 0 aliphatic rings. The Labute approximate surface area is 112 Å². The molecule has 0 aliphatic carbocycles. The summed E-state index contributed by atoms with van der Waals surface area (Å²) in [4.78, 5) is 7.94. The van der Waals surface area contributed by atoms with Crippen molar-refractivity contribution in [1.82, 2.24) is 9.97 Å². The second kappa shape index (κ2) is 5.14. The van der Waals surface area contributed by atoms with Gasteiger partial charge in [0.15, 0.2) is 0 Å². The Morgan fingerprint density at radius 2 is 1.79 bits per heavy atom. The highest BCUT2D eigenvalue weighted by Crippen LogP contribution is 2.19. The molecule has 1 N–H and O–H groups in total. The van der Waals surface area contributed by atoms with Crippen molar-refractivity contribution < 1.29 is 4.74 Å². The SMILES string of the molecule is COc1ccccc1CCc1nc2ccccc2[nH]1. The van der Waals surface area contributed by atoms with Crippen LogP contribution in [0, 0.1) is 0 Å². The number of ether oxygens (including phenoxy) is 1. The van der Waals surface area contributed by atoms with Crippen LogP contribution >= 0.6 is 0 Å². The van der Waals surface area contributed by atoms with E-state index in [4.69, 9.17) is 4.74 Å². The molecular formula is C16H16N2O. The summed E-state index contributed by atoms with van der Waals surface area (Å²) in [5.41, 5.74) is 3.33. The van der Waals surface area contributed by atoms with Crippen molar-refractivity contribution in [1.29, 1.82) is 0 Å². The van der Waals surface area contributed by atoms with Crippen LogP contribution in [0.1, 0.15) is 11.4 Å². The molecule has 19 heavy (non-hydrogen) atoms. The number of aryl methyl sites for hydroxylation is 2. The van der Waals surface area contributed by atoms with Gasteiger partial charge >= 0.3 is 0 Å². The Balaban J connectivity index is 1.78. The van der Waals surface area contributed by atoms with Gasteiger partial charge in [-0.3, -0.25) is 0 Å². The van der Waals surface area contributed by atoms with E-state index in [1.165, 1.54) is 5.56 Å². The predicted molar refractivity (Wildman–Crippen MR) is 76.5 cm³/mol. The highest BCUT2D eigenvalue weighted by molar-refractivity contribution is 5.74. The fraction of sp³-hybridized carbons (Fsp3) is 0.188. The van der Waals surface area contributed by atoms with E-state index in [2.05, 4.69) is 22.1 Å². The summed E-state index contributed by atoms with van der Waals surface area (Å²) in [5.74, 6) is 1.96. The predicted octanol–water partition coefficient (Wildman–Crippen LogP) is 3.36. The van der Waals surface area contributed by atoms with Gasteiger partial charge in [0, 0.05) is 6.42 Å². The number of fused-ring (bicyclic) bond motifs is 1. The van der Waals surface area contributed by atoms with Crippen LogP contribution in [0.25, 0.3) is 11.0 Å². The third kappa shape index (κ3) is 2.45. The molecule has 2 aromatic carbocycles. The summed E-state index contributed by atoms with van der Waals surface area (Å²) in [6, 6.07) is 16.2. The first-order chi connectivity index (χ1) is 9.36. The smallest absolute Gasteiger partial charge is 0.122 e. The van der Waals surface area contributed by atoms with Gasteiger partial charge < -0.3 is 9.72 Å². The molecule has 0 radical (unpaired) electrons. The molecule has 96 valence electrons. The number of para-hydroxylation sites is 3. The van der Waals surface area contributed by atoms with Crippen molar-refractivity contribution in [2.45, 2.75) is 12.8 Å². The van der Waals surface area contributed by atoms with Gasteiger partial charge in [0.1, 0.15) is 11.6 Å². The molecule has 1 heterocycles.